The molecule has 0 fully saturated rings. The smallest absolute Gasteiger partial charge is 0.275 e. The molecule has 3 rings (SSSR count). The zero-order valence-electron chi connectivity index (χ0n) is 10.9. The van der Waals surface area contributed by atoms with Gasteiger partial charge in [-0.05, 0) is 18.4 Å². The fourth-order valence-corrected chi connectivity index (χ4v) is 2.27. The van der Waals surface area contributed by atoms with E-state index in [1.54, 1.807) is 10.7 Å². The van der Waals surface area contributed by atoms with Crippen molar-refractivity contribution in [2.75, 3.05) is 0 Å². The van der Waals surface area contributed by atoms with Gasteiger partial charge in [-0.1, -0.05) is 13.8 Å². The summed E-state index contributed by atoms with van der Waals surface area (Å²) in [7, 11) is 0. The second-order valence-corrected chi connectivity index (χ2v) is 4.77. The van der Waals surface area contributed by atoms with Gasteiger partial charge in [-0.2, -0.15) is 10.2 Å². The minimum absolute atomic E-state index is 0.155. The standard InChI is InChI=1S/C12H14N6O/c1-6(2)9-8(11-15-7(3)16-17-11)4-18-10(9)12(19)13-5-14-18/h4-6H,1-3H3,(H,13,14,19)(H,15,16,17). The van der Waals surface area contributed by atoms with E-state index in [1.807, 2.05) is 20.8 Å². The van der Waals surface area contributed by atoms with Gasteiger partial charge in [0.25, 0.3) is 5.56 Å². The lowest BCUT2D eigenvalue weighted by atomic mass is 10.00. The number of aromatic nitrogens is 6. The van der Waals surface area contributed by atoms with Crippen molar-refractivity contribution in [3.05, 3.63) is 34.3 Å². The topological polar surface area (TPSA) is 91.7 Å². The molecule has 0 saturated carbocycles. The number of H-pyrrole nitrogens is 2. The van der Waals surface area contributed by atoms with Gasteiger partial charge in [-0.25, -0.2) is 9.50 Å². The SMILES string of the molecule is Cc1nc(-c2cn3nc[nH]c(=O)c3c2C(C)C)n[nH]1. The molecule has 3 aromatic rings. The van der Waals surface area contributed by atoms with Crippen LogP contribution in [0, 0.1) is 6.92 Å². The molecule has 2 N–H and O–H groups in total. The van der Waals surface area contributed by atoms with Gasteiger partial charge in [-0.3, -0.25) is 9.89 Å². The number of hydrogen-bond donors (Lipinski definition) is 2. The van der Waals surface area contributed by atoms with Crippen LogP contribution in [0.25, 0.3) is 16.9 Å². The van der Waals surface area contributed by atoms with Crippen LogP contribution in [0.2, 0.25) is 0 Å². The molecule has 3 heterocycles. The molecule has 7 heteroatoms. The number of nitrogens with zero attached hydrogens (tertiary/aromatic N) is 4. The molecule has 0 aliphatic heterocycles. The van der Waals surface area contributed by atoms with E-state index in [2.05, 4.69) is 25.3 Å². The third kappa shape index (κ3) is 1.74. The van der Waals surface area contributed by atoms with Crippen molar-refractivity contribution in [3.8, 4) is 11.4 Å². The third-order valence-corrected chi connectivity index (χ3v) is 3.03. The molecular formula is C12H14N6O. The van der Waals surface area contributed by atoms with Crippen LogP contribution in [0.15, 0.2) is 17.3 Å². The fraction of sp³-hybridized carbons (Fsp3) is 0.333. The largest absolute Gasteiger partial charge is 0.310 e. The zero-order chi connectivity index (χ0) is 13.6. The highest BCUT2D eigenvalue weighted by molar-refractivity contribution is 5.72. The lowest BCUT2D eigenvalue weighted by molar-refractivity contribution is 0.853. The molecule has 0 spiro atoms. The van der Waals surface area contributed by atoms with Crippen LogP contribution < -0.4 is 5.56 Å². The van der Waals surface area contributed by atoms with E-state index in [0.29, 0.717) is 11.3 Å². The van der Waals surface area contributed by atoms with Crippen molar-refractivity contribution in [3.63, 3.8) is 0 Å². The van der Waals surface area contributed by atoms with Gasteiger partial charge in [-0.15, -0.1) is 0 Å². The second-order valence-electron chi connectivity index (χ2n) is 4.77. The Balaban J connectivity index is 2.39. The average molecular weight is 258 g/mol. The first-order chi connectivity index (χ1) is 9.08. The molecule has 0 bridgehead atoms. The molecule has 0 aromatic carbocycles. The summed E-state index contributed by atoms with van der Waals surface area (Å²) in [5, 5.41) is 11.1. The molecule has 0 amide bonds. The Morgan fingerprint density at radius 2 is 2.16 bits per heavy atom. The zero-order valence-corrected chi connectivity index (χ0v) is 10.9. The monoisotopic (exact) mass is 258 g/mol. The maximum absolute atomic E-state index is 12.0. The Morgan fingerprint density at radius 3 is 2.79 bits per heavy atom. The van der Waals surface area contributed by atoms with Gasteiger partial charge >= 0.3 is 0 Å². The predicted octanol–water partition coefficient (Wildman–Crippen LogP) is 1.24. The second kappa shape index (κ2) is 4.04. The Morgan fingerprint density at radius 1 is 1.37 bits per heavy atom. The van der Waals surface area contributed by atoms with E-state index in [4.69, 9.17) is 0 Å². The van der Waals surface area contributed by atoms with Crippen molar-refractivity contribution in [1.29, 1.82) is 0 Å². The van der Waals surface area contributed by atoms with Gasteiger partial charge in [0.2, 0.25) is 0 Å². The first-order valence-corrected chi connectivity index (χ1v) is 6.06. The van der Waals surface area contributed by atoms with Gasteiger partial charge in [0.05, 0.1) is 0 Å². The molecule has 0 saturated heterocycles. The van der Waals surface area contributed by atoms with E-state index in [9.17, 15) is 4.79 Å². The minimum atomic E-state index is -0.155. The van der Waals surface area contributed by atoms with E-state index in [1.165, 1.54) is 6.33 Å². The van der Waals surface area contributed by atoms with Gasteiger partial charge < -0.3 is 4.98 Å². The summed E-state index contributed by atoms with van der Waals surface area (Å²) in [6.45, 7) is 5.90. The van der Waals surface area contributed by atoms with Crippen molar-refractivity contribution in [2.45, 2.75) is 26.7 Å². The first kappa shape index (κ1) is 11.6. The minimum Gasteiger partial charge on any atom is -0.310 e. The van der Waals surface area contributed by atoms with Crippen LogP contribution >= 0.6 is 0 Å². The van der Waals surface area contributed by atoms with E-state index in [0.717, 1.165) is 17.0 Å². The first-order valence-electron chi connectivity index (χ1n) is 6.06. The van der Waals surface area contributed by atoms with Crippen LogP contribution in [0.3, 0.4) is 0 Å². The molecule has 0 radical (unpaired) electrons. The number of hydrogen-bond acceptors (Lipinski definition) is 4. The average Bonchev–Trinajstić information content (AvgIpc) is 2.92. The highest BCUT2D eigenvalue weighted by atomic mass is 16.1. The van der Waals surface area contributed by atoms with Gasteiger partial charge in [0.1, 0.15) is 17.7 Å². The van der Waals surface area contributed by atoms with Crippen LogP contribution in [-0.2, 0) is 0 Å². The van der Waals surface area contributed by atoms with Crippen molar-refractivity contribution in [1.82, 2.24) is 29.8 Å². The summed E-state index contributed by atoms with van der Waals surface area (Å²) >= 11 is 0. The molecule has 0 aliphatic carbocycles. The van der Waals surface area contributed by atoms with Crippen molar-refractivity contribution >= 4 is 5.52 Å². The molecule has 19 heavy (non-hydrogen) atoms. The Bertz CT molecular complexity index is 794. The Hall–Kier alpha value is -2.44. The fourth-order valence-electron chi connectivity index (χ4n) is 2.27. The molecule has 7 nitrogen and oxygen atoms in total. The van der Waals surface area contributed by atoms with E-state index in [-0.39, 0.29) is 11.5 Å². The molecule has 0 atom stereocenters. The number of aryl methyl sites for hydroxylation is 1. The van der Waals surface area contributed by atoms with Crippen molar-refractivity contribution in [2.24, 2.45) is 0 Å². The molecular weight excluding hydrogens is 244 g/mol. The number of aromatic amines is 2. The number of nitrogens with one attached hydrogen (secondary N) is 2. The normalized spacial score (nSPS) is 11.6. The summed E-state index contributed by atoms with van der Waals surface area (Å²) in [5.74, 6) is 1.50. The number of rotatable bonds is 2. The maximum atomic E-state index is 12.0. The Kier molecular flexibility index (Phi) is 2.48. The summed E-state index contributed by atoms with van der Waals surface area (Å²) in [4.78, 5) is 18.9. The Labute approximate surface area is 108 Å². The summed E-state index contributed by atoms with van der Waals surface area (Å²) in [6, 6.07) is 0. The summed E-state index contributed by atoms with van der Waals surface area (Å²) in [6.07, 6.45) is 3.18. The summed E-state index contributed by atoms with van der Waals surface area (Å²) in [5.41, 5.74) is 2.14. The van der Waals surface area contributed by atoms with Crippen LogP contribution in [-0.4, -0.2) is 29.8 Å². The van der Waals surface area contributed by atoms with E-state index >= 15 is 0 Å². The molecule has 3 aromatic heterocycles. The molecule has 98 valence electrons. The molecule has 0 aliphatic rings. The third-order valence-electron chi connectivity index (χ3n) is 3.03. The highest BCUT2D eigenvalue weighted by Crippen LogP contribution is 2.30. The van der Waals surface area contributed by atoms with Gasteiger partial charge in [0.15, 0.2) is 5.82 Å². The summed E-state index contributed by atoms with van der Waals surface area (Å²) < 4.78 is 1.58. The highest BCUT2D eigenvalue weighted by Gasteiger charge is 2.20. The van der Waals surface area contributed by atoms with Crippen LogP contribution in [0.4, 0.5) is 0 Å². The lowest BCUT2D eigenvalue weighted by Gasteiger charge is -2.04. The quantitative estimate of drug-likeness (QED) is 0.723. The van der Waals surface area contributed by atoms with E-state index < -0.39 is 0 Å². The lowest BCUT2D eigenvalue weighted by Crippen LogP contribution is -2.11. The van der Waals surface area contributed by atoms with Crippen LogP contribution in [0.5, 0.6) is 0 Å². The molecule has 0 unspecified atom stereocenters. The van der Waals surface area contributed by atoms with Crippen LogP contribution in [0.1, 0.15) is 31.2 Å². The number of fused-ring (bicyclic) bond motifs is 1. The maximum Gasteiger partial charge on any atom is 0.275 e. The van der Waals surface area contributed by atoms with Gasteiger partial charge in [0, 0.05) is 11.8 Å². The van der Waals surface area contributed by atoms with Crippen molar-refractivity contribution < 1.29 is 0 Å². The predicted molar refractivity (Wildman–Crippen MR) is 70.0 cm³/mol.